The van der Waals surface area contributed by atoms with E-state index in [1.54, 1.807) is 20.8 Å². The number of rotatable bonds is 1. The molecule has 0 fully saturated rings. The molecule has 0 N–H and O–H groups in total. The van der Waals surface area contributed by atoms with Crippen LogP contribution in [-0.4, -0.2) is 24.0 Å². The Morgan fingerprint density at radius 1 is 1.33 bits per heavy atom. The second-order valence-electron chi connectivity index (χ2n) is 3.38. The van der Waals surface area contributed by atoms with Crippen molar-refractivity contribution in [1.82, 2.24) is 0 Å². The van der Waals surface area contributed by atoms with Gasteiger partial charge in [0.25, 0.3) is 0 Å². The summed E-state index contributed by atoms with van der Waals surface area (Å²) in [4.78, 5) is 18.6. The molecule has 0 spiro atoms. The first-order chi connectivity index (χ1) is 5.49. The Morgan fingerprint density at radius 3 is 2.25 bits per heavy atom. The van der Waals surface area contributed by atoms with E-state index in [-0.39, 0.29) is 6.17 Å². The van der Waals surface area contributed by atoms with Gasteiger partial charge in [0.05, 0.1) is 0 Å². The zero-order chi connectivity index (χ0) is 9.19. The zero-order valence-electron chi connectivity index (χ0n) is 7.37. The summed E-state index contributed by atoms with van der Waals surface area (Å²) in [5, 5.41) is 0. The maximum absolute atomic E-state index is 11.2. The Hall–Kier alpha value is -1.19. The molecule has 0 saturated heterocycles. The van der Waals surface area contributed by atoms with Gasteiger partial charge in [-0.3, -0.25) is 0 Å². The Balaban J connectivity index is 2.49. The minimum atomic E-state index is -0.488. The molecule has 12 heavy (non-hydrogen) atoms. The number of carbonyl (C=O) groups excluding carboxylic acids is 1. The fourth-order valence-electron chi connectivity index (χ4n) is 0.670. The van der Waals surface area contributed by atoms with Crippen molar-refractivity contribution in [1.29, 1.82) is 0 Å². The molecule has 0 unspecified atom stereocenters. The lowest BCUT2D eigenvalue weighted by Gasteiger charge is -2.19. The number of hydrogen-bond donors (Lipinski definition) is 0. The molecule has 1 heterocycles. The van der Waals surface area contributed by atoms with E-state index < -0.39 is 11.6 Å². The van der Waals surface area contributed by atoms with Gasteiger partial charge in [0.15, 0.2) is 0 Å². The number of carbonyl (C=O) groups is 1. The van der Waals surface area contributed by atoms with Crippen molar-refractivity contribution in [3.05, 3.63) is 6.17 Å². The van der Waals surface area contributed by atoms with Crippen LogP contribution in [0.1, 0.15) is 20.8 Å². The van der Waals surface area contributed by atoms with Gasteiger partial charge in [-0.25, -0.2) is 14.8 Å². The van der Waals surface area contributed by atoms with Crippen LogP contribution in [0.3, 0.4) is 0 Å². The first kappa shape index (κ1) is 8.90. The van der Waals surface area contributed by atoms with E-state index in [9.17, 15) is 4.79 Å². The fourth-order valence-corrected chi connectivity index (χ4v) is 0.670. The van der Waals surface area contributed by atoms with E-state index in [4.69, 9.17) is 4.74 Å². The third kappa shape index (κ3) is 2.45. The molecule has 0 aliphatic carbocycles. The standard InChI is InChI=1S/C8H11N2O2/c1-8(2,3)12-7(11)6-9-4-5-10-6/h4-5H,1-3H3. The van der Waals surface area contributed by atoms with Gasteiger partial charge in [-0.1, -0.05) is 0 Å². The molecule has 0 aromatic heterocycles. The number of esters is 1. The SMILES string of the molecule is CC(C)(C)OC(=O)[C]1N=CC=N1. The van der Waals surface area contributed by atoms with Crippen LogP contribution in [0.25, 0.3) is 0 Å². The Labute approximate surface area is 71.4 Å². The van der Waals surface area contributed by atoms with Crippen LogP contribution in [-0.2, 0) is 9.53 Å². The highest BCUT2D eigenvalue weighted by molar-refractivity contribution is 6.20. The highest BCUT2D eigenvalue weighted by atomic mass is 16.6. The van der Waals surface area contributed by atoms with E-state index in [0.29, 0.717) is 0 Å². The summed E-state index contributed by atoms with van der Waals surface area (Å²) in [5.41, 5.74) is -0.488. The molecule has 0 aromatic carbocycles. The lowest BCUT2D eigenvalue weighted by molar-refractivity contribution is -0.152. The van der Waals surface area contributed by atoms with Gasteiger partial charge in [-0.05, 0) is 20.8 Å². The summed E-state index contributed by atoms with van der Waals surface area (Å²) in [6.07, 6.45) is 3.03. The first-order valence-electron chi connectivity index (χ1n) is 3.66. The predicted molar refractivity (Wildman–Crippen MR) is 46.1 cm³/mol. The third-order valence-corrected chi connectivity index (χ3v) is 1.04. The van der Waals surface area contributed by atoms with Crippen molar-refractivity contribution in [2.45, 2.75) is 26.4 Å². The van der Waals surface area contributed by atoms with Crippen LogP contribution in [0, 0.1) is 6.17 Å². The molecule has 0 atom stereocenters. The van der Waals surface area contributed by atoms with Gasteiger partial charge in [-0.15, -0.1) is 0 Å². The largest absolute Gasteiger partial charge is 0.457 e. The van der Waals surface area contributed by atoms with E-state index >= 15 is 0 Å². The van der Waals surface area contributed by atoms with Crippen LogP contribution >= 0.6 is 0 Å². The molecule has 65 valence electrons. The average molecular weight is 167 g/mol. The molecule has 0 saturated carbocycles. The summed E-state index contributed by atoms with van der Waals surface area (Å²) in [7, 11) is 0. The first-order valence-corrected chi connectivity index (χ1v) is 3.66. The Bertz CT molecular complexity index is 226. The lowest BCUT2D eigenvalue weighted by atomic mass is 10.2. The molecule has 4 heteroatoms. The van der Waals surface area contributed by atoms with E-state index in [2.05, 4.69) is 9.98 Å². The number of ether oxygens (including phenoxy) is 1. The molecule has 1 rings (SSSR count). The molecule has 0 bridgehead atoms. The van der Waals surface area contributed by atoms with Gasteiger partial charge in [0, 0.05) is 12.4 Å². The average Bonchev–Trinajstić information content (AvgIpc) is 2.32. The smallest absolute Gasteiger partial charge is 0.362 e. The van der Waals surface area contributed by atoms with Gasteiger partial charge in [0.1, 0.15) is 5.60 Å². The van der Waals surface area contributed by atoms with Crippen LogP contribution in [0.15, 0.2) is 9.98 Å². The second kappa shape index (κ2) is 3.05. The summed E-state index contributed by atoms with van der Waals surface area (Å²) in [6, 6.07) is 0. The minimum Gasteiger partial charge on any atom is -0.457 e. The Kier molecular flexibility index (Phi) is 2.26. The summed E-state index contributed by atoms with van der Waals surface area (Å²) < 4.78 is 5.02. The van der Waals surface area contributed by atoms with Crippen LogP contribution in [0.2, 0.25) is 0 Å². The summed E-state index contributed by atoms with van der Waals surface area (Å²) in [5.74, 6) is -0.479. The normalized spacial score (nSPS) is 16.9. The minimum absolute atomic E-state index is 0.116. The molecular formula is C8H11N2O2. The predicted octanol–water partition coefficient (Wildman–Crippen LogP) is 0.973. The molecule has 0 aromatic rings. The van der Waals surface area contributed by atoms with Crippen LogP contribution in [0.5, 0.6) is 0 Å². The third-order valence-electron chi connectivity index (χ3n) is 1.04. The molecular weight excluding hydrogens is 156 g/mol. The molecule has 4 nitrogen and oxygen atoms in total. The maximum atomic E-state index is 11.2. The monoisotopic (exact) mass is 167 g/mol. The van der Waals surface area contributed by atoms with Crippen molar-refractivity contribution in [3.63, 3.8) is 0 Å². The highest BCUT2D eigenvalue weighted by Gasteiger charge is 2.26. The molecule has 1 radical (unpaired) electrons. The molecule has 1 aliphatic heterocycles. The quantitative estimate of drug-likeness (QED) is 0.546. The van der Waals surface area contributed by atoms with Gasteiger partial charge in [0.2, 0.25) is 0 Å². The second-order valence-corrected chi connectivity index (χ2v) is 3.38. The number of aliphatic imine (C=N–C) groups is 2. The van der Waals surface area contributed by atoms with Gasteiger partial charge >= 0.3 is 12.1 Å². The lowest BCUT2D eigenvalue weighted by Crippen LogP contribution is -2.26. The molecule has 1 aliphatic rings. The van der Waals surface area contributed by atoms with Crippen molar-refractivity contribution in [3.8, 4) is 0 Å². The van der Waals surface area contributed by atoms with Gasteiger partial charge in [-0.2, -0.15) is 0 Å². The van der Waals surface area contributed by atoms with Crippen molar-refractivity contribution in [2.75, 3.05) is 0 Å². The fraction of sp³-hybridized carbons (Fsp3) is 0.500. The van der Waals surface area contributed by atoms with E-state index in [0.717, 1.165) is 0 Å². The van der Waals surface area contributed by atoms with E-state index in [1.807, 2.05) is 0 Å². The van der Waals surface area contributed by atoms with Crippen molar-refractivity contribution >= 4 is 18.4 Å². The molecule has 0 amide bonds. The Morgan fingerprint density at radius 2 is 1.83 bits per heavy atom. The van der Waals surface area contributed by atoms with Crippen molar-refractivity contribution in [2.24, 2.45) is 9.98 Å². The zero-order valence-corrected chi connectivity index (χ0v) is 7.37. The van der Waals surface area contributed by atoms with Crippen LogP contribution < -0.4 is 0 Å². The van der Waals surface area contributed by atoms with Gasteiger partial charge < -0.3 is 4.74 Å². The highest BCUT2D eigenvalue weighted by Crippen LogP contribution is 2.15. The number of hydrogen-bond acceptors (Lipinski definition) is 4. The van der Waals surface area contributed by atoms with Crippen LogP contribution in [0.4, 0.5) is 0 Å². The maximum Gasteiger partial charge on any atom is 0.362 e. The van der Waals surface area contributed by atoms with Crippen molar-refractivity contribution < 1.29 is 9.53 Å². The summed E-state index contributed by atoms with van der Waals surface area (Å²) >= 11 is 0. The number of nitrogens with zero attached hydrogens (tertiary/aromatic N) is 2. The van der Waals surface area contributed by atoms with E-state index in [1.165, 1.54) is 12.4 Å². The summed E-state index contributed by atoms with van der Waals surface area (Å²) in [6.45, 7) is 5.40. The topological polar surface area (TPSA) is 51.0 Å².